The lowest BCUT2D eigenvalue weighted by atomic mass is 10.0. The molecule has 326 valence electrons. The van der Waals surface area contributed by atoms with Gasteiger partial charge in [0.2, 0.25) is 5.91 Å². The number of allylic oxidation sites excluding steroid dienone is 2. The van der Waals surface area contributed by atoms with Crippen LogP contribution in [0.4, 0.5) is 0 Å². The Morgan fingerprint density at radius 3 is 1.29 bits per heavy atom. The number of hydrogen-bond acceptors (Lipinski definition) is 5. The molecular formula is C49H95NO5. The van der Waals surface area contributed by atoms with Crippen LogP contribution in [0.2, 0.25) is 0 Å². The molecule has 0 rings (SSSR count). The first-order valence-corrected chi connectivity index (χ1v) is 24.4. The third-order valence-electron chi connectivity index (χ3n) is 11.3. The molecule has 0 heterocycles. The molecule has 0 radical (unpaired) electrons. The van der Waals surface area contributed by atoms with Gasteiger partial charge < -0.3 is 20.3 Å². The van der Waals surface area contributed by atoms with Gasteiger partial charge in [0.25, 0.3) is 0 Å². The highest BCUT2D eigenvalue weighted by molar-refractivity contribution is 5.76. The molecule has 0 aromatic rings. The predicted octanol–water partition coefficient (Wildman–Crippen LogP) is 14.2. The van der Waals surface area contributed by atoms with Gasteiger partial charge in [0.15, 0.2) is 0 Å². The van der Waals surface area contributed by atoms with E-state index in [9.17, 15) is 19.8 Å². The van der Waals surface area contributed by atoms with Crippen LogP contribution in [0.15, 0.2) is 12.2 Å². The highest BCUT2D eigenvalue weighted by Crippen LogP contribution is 2.16. The van der Waals surface area contributed by atoms with E-state index in [0.717, 1.165) is 57.8 Å². The van der Waals surface area contributed by atoms with Crippen LogP contribution >= 0.6 is 0 Å². The summed E-state index contributed by atoms with van der Waals surface area (Å²) >= 11 is 0. The lowest BCUT2D eigenvalue weighted by Crippen LogP contribution is -2.45. The number of amides is 1. The van der Waals surface area contributed by atoms with Crippen molar-refractivity contribution in [3.63, 3.8) is 0 Å². The highest BCUT2D eigenvalue weighted by atomic mass is 16.5. The molecule has 0 saturated carbocycles. The van der Waals surface area contributed by atoms with E-state index in [4.69, 9.17) is 4.74 Å². The van der Waals surface area contributed by atoms with Gasteiger partial charge in [-0.2, -0.15) is 0 Å². The molecule has 0 aromatic carbocycles. The van der Waals surface area contributed by atoms with Gasteiger partial charge in [-0.05, 0) is 51.4 Å². The van der Waals surface area contributed by atoms with Gasteiger partial charge in [0.1, 0.15) is 0 Å². The molecule has 1 amide bonds. The molecule has 2 atom stereocenters. The predicted molar refractivity (Wildman–Crippen MR) is 237 cm³/mol. The number of unbranched alkanes of at least 4 members (excludes halogenated alkanes) is 32. The fraction of sp³-hybridized carbons (Fsp3) is 0.918. The minimum absolute atomic E-state index is 0.0222. The third kappa shape index (κ3) is 42.0. The Morgan fingerprint density at radius 2 is 0.855 bits per heavy atom. The minimum atomic E-state index is -0.675. The first-order valence-electron chi connectivity index (χ1n) is 24.4. The number of aliphatic hydroxyl groups is 2. The van der Waals surface area contributed by atoms with Crippen LogP contribution in [0, 0.1) is 0 Å². The van der Waals surface area contributed by atoms with Crippen molar-refractivity contribution in [3.05, 3.63) is 12.2 Å². The van der Waals surface area contributed by atoms with Crippen molar-refractivity contribution in [2.45, 2.75) is 276 Å². The second-order valence-corrected chi connectivity index (χ2v) is 16.8. The van der Waals surface area contributed by atoms with Crippen molar-refractivity contribution < 1.29 is 24.5 Å². The summed E-state index contributed by atoms with van der Waals surface area (Å²) in [4.78, 5) is 24.4. The first-order chi connectivity index (χ1) is 27.0. The third-order valence-corrected chi connectivity index (χ3v) is 11.3. The summed E-state index contributed by atoms with van der Waals surface area (Å²) in [5.41, 5.74) is 0. The van der Waals surface area contributed by atoms with Crippen LogP contribution in [0.3, 0.4) is 0 Å². The molecule has 0 spiro atoms. The number of hydrogen-bond donors (Lipinski definition) is 3. The zero-order valence-corrected chi connectivity index (χ0v) is 36.9. The molecular weight excluding hydrogens is 683 g/mol. The number of esters is 1. The maximum Gasteiger partial charge on any atom is 0.305 e. The smallest absolute Gasteiger partial charge is 0.305 e. The van der Waals surface area contributed by atoms with Crippen molar-refractivity contribution in [2.24, 2.45) is 0 Å². The SMILES string of the molecule is CCCCCCC/C=C\CCCCCCCC(=O)OCCCCCCCCCCCCCC(=O)NC(CO)C(O)CCCCCCCCCCCCCCC. The van der Waals surface area contributed by atoms with E-state index in [0.29, 0.717) is 25.9 Å². The summed E-state index contributed by atoms with van der Waals surface area (Å²) < 4.78 is 5.45. The summed E-state index contributed by atoms with van der Waals surface area (Å²) in [5, 5.41) is 23.2. The zero-order chi connectivity index (χ0) is 40.1. The average molecular weight is 778 g/mol. The summed E-state index contributed by atoms with van der Waals surface area (Å²) in [6.07, 6.45) is 50.2. The normalized spacial score (nSPS) is 12.7. The Bertz CT molecular complexity index is 817. The zero-order valence-electron chi connectivity index (χ0n) is 36.9. The summed E-state index contributed by atoms with van der Waals surface area (Å²) in [6.45, 7) is 4.89. The molecule has 0 aliphatic rings. The molecule has 3 N–H and O–H groups in total. The number of rotatable bonds is 45. The van der Waals surface area contributed by atoms with Crippen LogP contribution in [0.5, 0.6) is 0 Å². The van der Waals surface area contributed by atoms with E-state index in [2.05, 4.69) is 31.3 Å². The van der Waals surface area contributed by atoms with Crippen LogP contribution in [0.25, 0.3) is 0 Å². The van der Waals surface area contributed by atoms with Gasteiger partial charge in [-0.3, -0.25) is 9.59 Å². The van der Waals surface area contributed by atoms with Gasteiger partial charge in [-0.15, -0.1) is 0 Å². The molecule has 0 aliphatic carbocycles. The number of carbonyl (C=O) groups is 2. The Balaban J connectivity index is 3.47. The van der Waals surface area contributed by atoms with Crippen LogP contribution in [0.1, 0.15) is 264 Å². The van der Waals surface area contributed by atoms with Gasteiger partial charge in [-0.25, -0.2) is 0 Å². The van der Waals surface area contributed by atoms with Crippen LogP contribution in [-0.2, 0) is 14.3 Å². The molecule has 6 heteroatoms. The van der Waals surface area contributed by atoms with Crippen molar-refractivity contribution in [1.29, 1.82) is 0 Å². The van der Waals surface area contributed by atoms with Gasteiger partial charge in [-0.1, -0.05) is 212 Å². The Hall–Kier alpha value is -1.40. The minimum Gasteiger partial charge on any atom is -0.466 e. The van der Waals surface area contributed by atoms with Gasteiger partial charge in [0, 0.05) is 12.8 Å². The number of aliphatic hydroxyl groups excluding tert-OH is 2. The molecule has 0 saturated heterocycles. The van der Waals surface area contributed by atoms with E-state index < -0.39 is 12.1 Å². The van der Waals surface area contributed by atoms with Crippen LogP contribution in [-0.4, -0.2) is 47.4 Å². The van der Waals surface area contributed by atoms with E-state index in [1.54, 1.807) is 0 Å². The monoisotopic (exact) mass is 778 g/mol. The lowest BCUT2D eigenvalue weighted by Gasteiger charge is -2.22. The molecule has 0 fully saturated rings. The van der Waals surface area contributed by atoms with Crippen molar-refractivity contribution in [3.8, 4) is 0 Å². The lowest BCUT2D eigenvalue weighted by molar-refractivity contribution is -0.143. The van der Waals surface area contributed by atoms with Gasteiger partial charge >= 0.3 is 5.97 Å². The maximum atomic E-state index is 12.4. The van der Waals surface area contributed by atoms with E-state index in [1.165, 1.54) is 173 Å². The molecule has 6 nitrogen and oxygen atoms in total. The fourth-order valence-electron chi connectivity index (χ4n) is 7.51. The van der Waals surface area contributed by atoms with Gasteiger partial charge in [0.05, 0.1) is 25.4 Å². The van der Waals surface area contributed by atoms with Crippen molar-refractivity contribution >= 4 is 11.9 Å². The molecule has 0 aromatic heterocycles. The second kappa shape index (κ2) is 45.3. The summed E-state index contributed by atoms with van der Waals surface area (Å²) in [6, 6.07) is -0.554. The highest BCUT2D eigenvalue weighted by Gasteiger charge is 2.20. The number of carbonyl (C=O) groups excluding carboxylic acids is 2. The topological polar surface area (TPSA) is 95.9 Å². The molecule has 2 unspecified atom stereocenters. The number of ether oxygens (including phenoxy) is 1. The average Bonchev–Trinajstić information content (AvgIpc) is 3.18. The fourth-order valence-corrected chi connectivity index (χ4v) is 7.51. The van der Waals surface area contributed by atoms with Crippen molar-refractivity contribution in [1.82, 2.24) is 5.32 Å². The van der Waals surface area contributed by atoms with E-state index in [1.807, 2.05) is 0 Å². The molecule has 0 bridgehead atoms. The molecule has 0 aliphatic heterocycles. The standard InChI is InChI=1S/C49H95NO5/c1-3-5-7-9-11-13-15-17-19-23-27-31-35-39-43-49(54)55-44-40-36-32-28-24-20-22-26-30-34-38-42-48(53)50-46(45-51)47(52)41-37-33-29-25-21-18-16-14-12-10-8-6-4-2/h15,17,46-47,51-52H,3-14,16,18-45H2,1-2H3,(H,50,53)/b17-15-. The Labute approximate surface area is 342 Å². The quantitative estimate of drug-likeness (QED) is 0.0325. The largest absolute Gasteiger partial charge is 0.466 e. The maximum absolute atomic E-state index is 12.4. The Kier molecular flexibility index (Phi) is 44.2. The second-order valence-electron chi connectivity index (χ2n) is 16.8. The van der Waals surface area contributed by atoms with Crippen molar-refractivity contribution in [2.75, 3.05) is 13.2 Å². The van der Waals surface area contributed by atoms with E-state index >= 15 is 0 Å². The summed E-state index contributed by atoms with van der Waals surface area (Å²) in [7, 11) is 0. The molecule has 55 heavy (non-hydrogen) atoms. The van der Waals surface area contributed by atoms with Crippen LogP contribution < -0.4 is 5.32 Å². The van der Waals surface area contributed by atoms with E-state index in [-0.39, 0.29) is 18.5 Å². The summed E-state index contributed by atoms with van der Waals surface area (Å²) in [5.74, 6) is -0.0764. The number of nitrogens with one attached hydrogen (secondary N) is 1. The first kappa shape index (κ1) is 53.6. The Morgan fingerprint density at radius 1 is 0.491 bits per heavy atom.